The Kier molecular flexibility index (Phi) is 2.73. The first-order chi connectivity index (χ1) is 5.64. The molecule has 1 rings (SSSR count). The van der Waals surface area contributed by atoms with Crippen molar-refractivity contribution in [3.05, 3.63) is 0 Å². The van der Waals surface area contributed by atoms with Crippen molar-refractivity contribution < 1.29 is 9.90 Å². The summed E-state index contributed by atoms with van der Waals surface area (Å²) >= 11 is 0. The summed E-state index contributed by atoms with van der Waals surface area (Å²) in [7, 11) is 0. The van der Waals surface area contributed by atoms with Crippen molar-refractivity contribution in [3.8, 4) is 0 Å². The number of aliphatic hydroxyl groups is 1. The Hall–Kier alpha value is -0.570. The van der Waals surface area contributed by atoms with Crippen LogP contribution in [-0.2, 0) is 4.79 Å². The average Bonchev–Trinajstić information content (AvgIpc) is 2.47. The molecule has 0 bridgehead atoms. The zero-order valence-electron chi connectivity index (χ0n) is 7.84. The van der Waals surface area contributed by atoms with Gasteiger partial charge in [0.05, 0.1) is 0 Å². The van der Waals surface area contributed by atoms with Crippen LogP contribution in [0.25, 0.3) is 0 Å². The normalized spacial score (nSPS) is 29.4. The number of amides is 1. The summed E-state index contributed by atoms with van der Waals surface area (Å²) < 4.78 is 0. The van der Waals surface area contributed by atoms with Gasteiger partial charge in [0.2, 0.25) is 5.91 Å². The van der Waals surface area contributed by atoms with Crippen LogP contribution in [-0.4, -0.2) is 34.6 Å². The van der Waals surface area contributed by atoms with Gasteiger partial charge >= 0.3 is 0 Å². The van der Waals surface area contributed by atoms with Crippen molar-refractivity contribution in [2.75, 3.05) is 13.2 Å². The average molecular weight is 171 g/mol. The molecule has 1 amide bonds. The molecule has 0 spiro atoms. The molecule has 1 aliphatic rings. The van der Waals surface area contributed by atoms with Crippen LogP contribution in [0.3, 0.4) is 0 Å². The van der Waals surface area contributed by atoms with Crippen LogP contribution >= 0.6 is 0 Å². The van der Waals surface area contributed by atoms with Gasteiger partial charge in [0.1, 0.15) is 6.61 Å². The first-order valence-electron chi connectivity index (χ1n) is 4.55. The van der Waals surface area contributed by atoms with Gasteiger partial charge in [-0.25, -0.2) is 0 Å². The second-order valence-electron chi connectivity index (χ2n) is 3.66. The summed E-state index contributed by atoms with van der Waals surface area (Å²) in [5, 5.41) is 8.73. The van der Waals surface area contributed by atoms with Gasteiger partial charge in [-0.1, -0.05) is 6.92 Å². The van der Waals surface area contributed by atoms with Crippen LogP contribution < -0.4 is 0 Å². The standard InChI is InChI=1S/C9H17NO2/c1-3-9(2)5-4-6-10(9)8(12)7-11/h11H,3-7H2,1-2H3/t9-/m1/s1. The molecule has 0 aliphatic carbocycles. The minimum absolute atomic E-state index is 0.000185. The number of carbonyl (C=O) groups excluding carboxylic acids is 1. The molecule has 0 aromatic heterocycles. The Balaban J connectivity index is 2.69. The van der Waals surface area contributed by atoms with E-state index in [0.717, 1.165) is 25.8 Å². The van der Waals surface area contributed by atoms with E-state index in [0.29, 0.717) is 0 Å². The monoisotopic (exact) mass is 171 g/mol. The third kappa shape index (κ3) is 1.46. The van der Waals surface area contributed by atoms with E-state index in [-0.39, 0.29) is 18.1 Å². The Morgan fingerprint density at radius 1 is 1.67 bits per heavy atom. The molecule has 1 heterocycles. The molecule has 1 N–H and O–H groups in total. The van der Waals surface area contributed by atoms with E-state index in [1.807, 2.05) is 4.90 Å². The van der Waals surface area contributed by atoms with Crippen molar-refractivity contribution in [2.45, 2.75) is 38.6 Å². The van der Waals surface area contributed by atoms with Crippen molar-refractivity contribution >= 4 is 5.91 Å². The molecule has 0 saturated carbocycles. The number of rotatable bonds is 2. The van der Waals surface area contributed by atoms with Gasteiger partial charge < -0.3 is 10.0 Å². The number of aliphatic hydroxyl groups excluding tert-OH is 1. The summed E-state index contributed by atoms with van der Waals surface area (Å²) in [5.41, 5.74) is -0.000185. The molecule has 1 saturated heterocycles. The van der Waals surface area contributed by atoms with E-state index >= 15 is 0 Å². The number of carbonyl (C=O) groups is 1. The Morgan fingerprint density at radius 3 is 2.83 bits per heavy atom. The minimum Gasteiger partial charge on any atom is -0.387 e. The lowest BCUT2D eigenvalue weighted by atomic mass is 9.96. The molecular formula is C9H17NO2. The van der Waals surface area contributed by atoms with Gasteiger partial charge in [-0.15, -0.1) is 0 Å². The predicted octanol–water partition coefficient (Wildman–Crippen LogP) is 0.770. The first-order valence-corrected chi connectivity index (χ1v) is 4.55. The van der Waals surface area contributed by atoms with Crippen LogP contribution in [0.4, 0.5) is 0 Å². The fourth-order valence-electron chi connectivity index (χ4n) is 1.90. The van der Waals surface area contributed by atoms with Crippen LogP contribution in [0.15, 0.2) is 0 Å². The van der Waals surface area contributed by atoms with Crippen molar-refractivity contribution in [3.63, 3.8) is 0 Å². The highest BCUT2D eigenvalue weighted by Gasteiger charge is 2.37. The molecule has 1 fully saturated rings. The van der Waals surface area contributed by atoms with Gasteiger partial charge in [0.15, 0.2) is 0 Å². The largest absolute Gasteiger partial charge is 0.387 e. The summed E-state index contributed by atoms with van der Waals surface area (Å²) in [5.74, 6) is -0.128. The fourth-order valence-corrected chi connectivity index (χ4v) is 1.90. The first kappa shape index (κ1) is 9.52. The third-order valence-corrected chi connectivity index (χ3v) is 2.95. The maximum Gasteiger partial charge on any atom is 0.248 e. The van der Waals surface area contributed by atoms with Gasteiger partial charge in [-0.2, -0.15) is 0 Å². The quantitative estimate of drug-likeness (QED) is 0.666. The highest BCUT2D eigenvalue weighted by atomic mass is 16.3. The number of hydrogen-bond donors (Lipinski definition) is 1. The topological polar surface area (TPSA) is 40.5 Å². The Morgan fingerprint density at radius 2 is 2.33 bits per heavy atom. The van der Waals surface area contributed by atoms with Crippen molar-refractivity contribution in [1.29, 1.82) is 0 Å². The third-order valence-electron chi connectivity index (χ3n) is 2.95. The molecule has 0 aromatic carbocycles. The van der Waals surface area contributed by atoms with Gasteiger partial charge in [-0.3, -0.25) is 4.79 Å². The second kappa shape index (κ2) is 3.44. The molecule has 1 atom stereocenters. The van der Waals surface area contributed by atoms with Crippen LogP contribution in [0.1, 0.15) is 33.1 Å². The maximum atomic E-state index is 11.3. The van der Waals surface area contributed by atoms with Crippen molar-refractivity contribution in [1.82, 2.24) is 4.90 Å². The summed E-state index contributed by atoms with van der Waals surface area (Å²) in [4.78, 5) is 13.1. The van der Waals surface area contributed by atoms with Crippen LogP contribution in [0, 0.1) is 0 Å². The van der Waals surface area contributed by atoms with E-state index in [2.05, 4.69) is 13.8 Å². The summed E-state index contributed by atoms with van der Waals surface area (Å²) in [6.07, 6.45) is 3.10. The highest BCUT2D eigenvalue weighted by molar-refractivity contribution is 5.78. The Labute approximate surface area is 73.4 Å². The van der Waals surface area contributed by atoms with E-state index in [1.54, 1.807) is 0 Å². The van der Waals surface area contributed by atoms with Crippen LogP contribution in [0.5, 0.6) is 0 Å². The smallest absolute Gasteiger partial charge is 0.248 e. The molecule has 3 nitrogen and oxygen atoms in total. The van der Waals surface area contributed by atoms with E-state index in [9.17, 15) is 4.79 Å². The number of nitrogens with zero attached hydrogens (tertiary/aromatic N) is 1. The SMILES string of the molecule is CC[C@]1(C)CCCN1C(=O)CO. The molecule has 0 aromatic rings. The van der Waals surface area contributed by atoms with E-state index < -0.39 is 0 Å². The number of likely N-dealkylation sites (tertiary alicyclic amines) is 1. The van der Waals surface area contributed by atoms with Gasteiger partial charge in [0, 0.05) is 12.1 Å². The minimum atomic E-state index is -0.352. The lowest BCUT2D eigenvalue weighted by Crippen LogP contribution is -2.45. The highest BCUT2D eigenvalue weighted by Crippen LogP contribution is 2.31. The van der Waals surface area contributed by atoms with Crippen LogP contribution in [0.2, 0.25) is 0 Å². The molecule has 3 heteroatoms. The predicted molar refractivity (Wildman–Crippen MR) is 46.7 cm³/mol. The molecule has 0 unspecified atom stereocenters. The maximum absolute atomic E-state index is 11.3. The van der Waals surface area contributed by atoms with Gasteiger partial charge in [-0.05, 0) is 26.2 Å². The molecule has 0 radical (unpaired) electrons. The molecule has 70 valence electrons. The lowest BCUT2D eigenvalue weighted by Gasteiger charge is -2.34. The molecule has 1 aliphatic heterocycles. The molecular weight excluding hydrogens is 154 g/mol. The summed E-state index contributed by atoms with van der Waals surface area (Å²) in [6.45, 7) is 4.63. The molecule has 12 heavy (non-hydrogen) atoms. The van der Waals surface area contributed by atoms with Gasteiger partial charge in [0.25, 0.3) is 0 Å². The van der Waals surface area contributed by atoms with E-state index in [4.69, 9.17) is 5.11 Å². The summed E-state index contributed by atoms with van der Waals surface area (Å²) in [6, 6.07) is 0. The fraction of sp³-hybridized carbons (Fsp3) is 0.889. The lowest BCUT2D eigenvalue weighted by molar-refractivity contribution is -0.137. The second-order valence-corrected chi connectivity index (χ2v) is 3.66. The number of hydrogen-bond acceptors (Lipinski definition) is 2. The zero-order valence-corrected chi connectivity index (χ0v) is 7.84. The Bertz CT molecular complexity index is 181. The van der Waals surface area contributed by atoms with Crippen molar-refractivity contribution in [2.24, 2.45) is 0 Å². The zero-order chi connectivity index (χ0) is 9.19. The van der Waals surface area contributed by atoms with E-state index in [1.165, 1.54) is 0 Å².